The van der Waals surface area contributed by atoms with Gasteiger partial charge in [0.15, 0.2) is 23.7 Å². The van der Waals surface area contributed by atoms with Crippen molar-refractivity contribution in [1.29, 1.82) is 0 Å². The average molecular weight is 497 g/mol. The molecule has 2 aromatic carbocycles. The van der Waals surface area contributed by atoms with E-state index in [4.69, 9.17) is 18.9 Å². The number of aliphatic hydroxyl groups is 2. The number of benzene rings is 2. The molecule has 0 amide bonds. The second-order valence-electron chi connectivity index (χ2n) is 8.70. The number of ether oxygens (including phenoxy) is 4. The van der Waals surface area contributed by atoms with Gasteiger partial charge in [0, 0.05) is 18.9 Å². The van der Waals surface area contributed by atoms with Crippen LogP contribution in [-0.2, 0) is 30.2 Å². The third kappa shape index (κ3) is 5.43. The first-order chi connectivity index (χ1) is 17.2. The minimum Gasteiger partial charge on any atom is -0.504 e. The third-order valence-corrected chi connectivity index (χ3v) is 6.07. The van der Waals surface area contributed by atoms with E-state index in [2.05, 4.69) is 0 Å². The molecule has 2 aliphatic heterocycles. The highest BCUT2D eigenvalue weighted by Crippen LogP contribution is 2.38. The van der Waals surface area contributed by atoms with Crippen LogP contribution < -0.4 is 4.74 Å². The number of phenolic OH excluding ortho intramolecular Hbond substituents is 1. The molecule has 4 rings (SSSR count). The van der Waals surface area contributed by atoms with Crippen LogP contribution in [0.4, 0.5) is 0 Å². The number of aliphatic hydroxyl groups excluding tert-OH is 1. The van der Waals surface area contributed by atoms with Gasteiger partial charge in [-0.25, -0.2) is 4.79 Å². The normalized spacial score (nSPS) is 27.3. The number of rotatable bonds is 7. The van der Waals surface area contributed by atoms with Crippen LogP contribution in [0.25, 0.3) is 6.08 Å². The quantitative estimate of drug-likeness (QED) is 0.300. The summed E-state index contributed by atoms with van der Waals surface area (Å²) in [4.78, 5) is 25.3. The molecule has 190 valence electrons. The number of aromatic hydroxyl groups is 1. The van der Waals surface area contributed by atoms with Crippen molar-refractivity contribution in [1.82, 2.24) is 0 Å². The molecule has 1 fully saturated rings. The van der Waals surface area contributed by atoms with Gasteiger partial charge in [0.05, 0.1) is 13.2 Å². The Hall–Kier alpha value is -3.66. The monoisotopic (exact) mass is 496 g/mol. The van der Waals surface area contributed by atoms with Gasteiger partial charge in [0.25, 0.3) is 0 Å². The summed E-state index contributed by atoms with van der Waals surface area (Å²) in [5, 5.41) is 31.8. The lowest BCUT2D eigenvalue weighted by molar-refractivity contribution is -0.329. The second kappa shape index (κ2) is 10.5. The Kier molecular flexibility index (Phi) is 7.44. The maximum atomic E-state index is 13.5. The van der Waals surface area contributed by atoms with Crippen molar-refractivity contribution in [3.63, 3.8) is 0 Å². The minimum absolute atomic E-state index is 0.0553. The molecule has 0 saturated carbocycles. The SMILES string of the molecule is COc1cc(C=C(Cc2ccccc2)C(=O)O[C@@H]2[C@@H](OC(C)=O)[C@@H](O)[C@H]3CC=C[C@@]2(O)O3)ccc1O. The number of phenols is 1. The highest BCUT2D eigenvalue weighted by molar-refractivity contribution is 5.94. The van der Waals surface area contributed by atoms with Crippen LogP contribution in [0, 0.1) is 0 Å². The molecular weight excluding hydrogens is 468 g/mol. The van der Waals surface area contributed by atoms with Gasteiger partial charge < -0.3 is 34.3 Å². The molecule has 9 heteroatoms. The van der Waals surface area contributed by atoms with Gasteiger partial charge >= 0.3 is 11.9 Å². The highest BCUT2D eigenvalue weighted by Gasteiger charge is 2.57. The summed E-state index contributed by atoms with van der Waals surface area (Å²) in [7, 11) is 1.41. The number of esters is 2. The smallest absolute Gasteiger partial charge is 0.334 e. The molecule has 0 aromatic heterocycles. The fourth-order valence-electron chi connectivity index (χ4n) is 4.35. The van der Waals surface area contributed by atoms with Gasteiger partial charge in [-0.05, 0) is 41.8 Å². The largest absolute Gasteiger partial charge is 0.504 e. The molecule has 2 bridgehead atoms. The van der Waals surface area contributed by atoms with E-state index in [1.54, 1.807) is 24.3 Å². The van der Waals surface area contributed by atoms with E-state index >= 15 is 0 Å². The summed E-state index contributed by atoms with van der Waals surface area (Å²) in [6.07, 6.45) is -0.0272. The zero-order valence-corrected chi connectivity index (χ0v) is 19.9. The van der Waals surface area contributed by atoms with Gasteiger partial charge in [-0.2, -0.15) is 0 Å². The van der Waals surface area contributed by atoms with Gasteiger partial charge in [-0.15, -0.1) is 0 Å². The summed E-state index contributed by atoms with van der Waals surface area (Å²) >= 11 is 0. The van der Waals surface area contributed by atoms with E-state index in [1.807, 2.05) is 30.3 Å². The third-order valence-electron chi connectivity index (χ3n) is 6.07. The van der Waals surface area contributed by atoms with E-state index in [0.717, 1.165) is 12.5 Å². The number of hydrogen-bond donors (Lipinski definition) is 3. The number of carbonyl (C=O) groups excluding carboxylic acids is 2. The molecule has 2 aliphatic rings. The van der Waals surface area contributed by atoms with Crippen molar-refractivity contribution in [3.05, 3.63) is 77.4 Å². The van der Waals surface area contributed by atoms with E-state index in [-0.39, 0.29) is 23.5 Å². The summed E-state index contributed by atoms with van der Waals surface area (Å²) in [5.74, 6) is -3.43. The Bertz CT molecular complexity index is 1170. The highest BCUT2D eigenvalue weighted by atomic mass is 16.7. The van der Waals surface area contributed by atoms with Crippen molar-refractivity contribution in [2.24, 2.45) is 0 Å². The lowest BCUT2D eigenvalue weighted by Gasteiger charge is -2.48. The topological polar surface area (TPSA) is 132 Å². The van der Waals surface area contributed by atoms with Crippen molar-refractivity contribution in [3.8, 4) is 11.5 Å². The van der Waals surface area contributed by atoms with Gasteiger partial charge in [-0.3, -0.25) is 4.79 Å². The predicted molar refractivity (Wildman–Crippen MR) is 128 cm³/mol. The van der Waals surface area contributed by atoms with Crippen LogP contribution in [-0.4, -0.2) is 64.6 Å². The maximum Gasteiger partial charge on any atom is 0.334 e. The van der Waals surface area contributed by atoms with Crippen LogP contribution in [0.5, 0.6) is 11.5 Å². The molecule has 0 unspecified atom stereocenters. The Balaban J connectivity index is 1.69. The molecule has 36 heavy (non-hydrogen) atoms. The van der Waals surface area contributed by atoms with E-state index in [0.29, 0.717) is 12.0 Å². The molecular formula is C27H28O9. The van der Waals surface area contributed by atoms with Crippen molar-refractivity contribution in [2.45, 2.75) is 50.0 Å². The number of hydrogen-bond acceptors (Lipinski definition) is 9. The minimum atomic E-state index is -2.09. The molecule has 0 radical (unpaired) electrons. The van der Waals surface area contributed by atoms with E-state index in [9.17, 15) is 24.9 Å². The van der Waals surface area contributed by atoms with Crippen LogP contribution in [0.1, 0.15) is 24.5 Å². The number of methoxy groups -OCH3 is 1. The molecule has 9 nitrogen and oxygen atoms in total. The Morgan fingerprint density at radius 1 is 1.17 bits per heavy atom. The van der Waals surface area contributed by atoms with Gasteiger partial charge in [-0.1, -0.05) is 42.5 Å². The van der Waals surface area contributed by atoms with E-state index < -0.39 is 42.1 Å². The number of carbonyl (C=O) groups is 2. The molecule has 5 atom stereocenters. The lowest BCUT2D eigenvalue weighted by atomic mass is 9.87. The molecule has 2 heterocycles. The van der Waals surface area contributed by atoms with Crippen LogP contribution in [0.2, 0.25) is 0 Å². The summed E-state index contributed by atoms with van der Waals surface area (Å²) in [6, 6.07) is 13.8. The van der Waals surface area contributed by atoms with Crippen molar-refractivity contribution >= 4 is 18.0 Å². The zero-order chi connectivity index (χ0) is 25.9. The van der Waals surface area contributed by atoms with Crippen LogP contribution in [0.15, 0.2) is 66.3 Å². The Labute approximate surface area is 208 Å². The Morgan fingerprint density at radius 3 is 2.61 bits per heavy atom. The molecule has 0 spiro atoms. The zero-order valence-electron chi connectivity index (χ0n) is 19.9. The second-order valence-corrected chi connectivity index (χ2v) is 8.70. The fourth-order valence-corrected chi connectivity index (χ4v) is 4.35. The summed E-state index contributed by atoms with van der Waals surface area (Å²) in [5.41, 5.74) is 1.58. The molecule has 2 aromatic rings. The van der Waals surface area contributed by atoms with Crippen molar-refractivity contribution in [2.75, 3.05) is 7.11 Å². The van der Waals surface area contributed by atoms with E-state index in [1.165, 1.54) is 19.3 Å². The van der Waals surface area contributed by atoms with Gasteiger partial charge in [0.1, 0.15) is 6.10 Å². The standard InChI is InChI=1S/C27H28O9/c1-16(28)34-24-23(30)21-9-6-12-27(32,36-21)25(24)35-26(31)19(13-17-7-4-3-5-8-17)14-18-10-11-20(29)22(15-18)33-2/h3-8,10-12,14-15,21,23-25,29-30,32H,9,13H2,1-2H3/t21-,23+,24+,25-,27-/m1/s1. The first-order valence-corrected chi connectivity index (χ1v) is 11.5. The maximum absolute atomic E-state index is 13.5. The summed E-state index contributed by atoms with van der Waals surface area (Å²) < 4.78 is 21.7. The predicted octanol–water partition coefficient (Wildman–Crippen LogP) is 2.28. The van der Waals surface area contributed by atoms with Crippen LogP contribution in [0.3, 0.4) is 0 Å². The first kappa shape index (κ1) is 25.4. The fraction of sp³-hybridized carbons (Fsp3) is 0.333. The van der Waals surface area contributed by atoms with Gasteiger partial charge in [0.2, 0.25) is 5.79 Å². The molecule has 1 saturated heterocycles. The average Bonchev–Trinajstić information content (AvgIpc) is 2.86. The Morgan fingerprint density at radius 2 is 1.92 bits per heavy atom. The first-order valence-electron chi connectivity index (χ1n) is 11.5. The lowest BCUT2D eigenvalue weighted by Crippen LogP contribution is -2.66. The summed E-state index contributed by atoms with van der Waals surface area (Å²) in [6.45, 7) is 1.16. The van der Waals surface area contributed by atoms with Crippen molar-refractivity contribution < 1.29 is 43.9 Å². The number of fused-ring (bicyclic) bond motifs is 2. The molecule has 3 N–H and O–H groups in total. The molecule has 0 aliphatic carbocycles. The van der Waals surface area contributed by atoms with Crippen LogP contribution >= 0.6 is 0 Å².